The molecule has 2 aromatic rings. The lowest BCUT2D eigenvalue weighted by atomic mass is 10.1. The molecule has 0 saturated carbocycles. The molecule has 0 aliphatic carbocycles. The number of hydrogen-bond donors (Lipinski definition) is 2. The molecule has 0 unspecified atom stereocenters. The van der Waals surface area contributed by atoms with Gasteiger partial charge in [-0.2, -0.15) is 0 Å². The number of hydrogen-bond acceptors (Lipinski definition) is 3. The SMILES string of the molecule is CNCCC(=O)Nc1cccc(OCc2ccccc2C)c1.Cl. The fourth-order valence-corrected chi connectivity index (χ4v) is 2.06. The van der Waals surface area contributed by atoms with E-state index >= 15 is 0 Å². The van der Waals surface area contributed by atoms with Gasteiger partial charge in [0.05, 0.1) is 0 Å². The third-order valence-electron chi connectivity index (χ3n) is 3.38. The summed E-state index contributed by atoms with van der Waals surface area (Å²) in [6.45, 7) is 3.25. The van der Waals surface area contributed by atoms with E-state index in [4.69, 9.17) is 4.74 Å². The van der Waals surface area contributed by atoms with Crippen LogP contribution < -0.4 is 15.4 Å². The minimum Gasteiger partial charge on any atom is -0.489 e. The van der Waals surface area contributed by atoms with Crippen molar-refractivity contribution in [1.29, 1.82) is 0 Å². The first-order valence-corrected chi connectivity index (χ1v) is 7.41. The summed E-state index contributed by atoms with van der Waals surface area (Å²) >= 11 is 0. The highest BCUT2D eigenvalue weighted by atomic mass is 35.5. The molecule has 0 aromatic heterocycles. The molecule has 0 heterocycles. The number of anilines is 1. The Morgan fingerprint density at radius 3 is 2.65 bits per heavy atom. The van der Waals surface area contributed by atoms with E-state index < -0.39 is 0 Å². The predicted molar refractivity (Wildman–Crippen MR) is 96.4 cm³/mol. The maximum absolute atomic E-state index is 11.7. The molecule has 0 bridgehead atoms. The molecule has 4 nitrogen and oxygen atoms in total. The van der Waals surface area contributed by atoms with Gasteiger partial charge < -0.3 is 15.4 Å². The number of carbonyl (C=O) groups excluding carboxylic acids is 1. The van der Waals surface area contributed by atoms with E-state index in [0.29, 0.717) is 19.6 Å². The van der Waals surface area contributed by atoms with Crippen molar-refractivity contribution in [3.05, 3.63) is 59.7 Å². The van der Waals surface area contributed by atoms with Gasteiger partial charge in [-0.1, -0.05) is 30.3 Å². The molecule has 1 amide bonds. The molecule has 23 heavy (non-hydrogen) atoms. The predicted octanol–water partition coefficient (Wildman–Crippen LogP) is 3.54. The van der Waals surface area contributed by atoms with Crippen molar-refractivity contribution in [2.45, 2.75) is 20.0 Å². The van der Waals surface area contributed by atoms with Gasteiger partial charge in [0.25, 0.3) is 0 Å². The van der Waals surface area contributed by atoms with Crippen LogP contribution in [0.1, 0.15) is 17.5 Å². The van der Waals surface area contributed by atoms with Gasteiger partial charge in [-0.25, -0.2) is 0 Å². The zero-order valence-electron chi connectivity index (χ0n) is 13.5. The van der Waals surface area contributed by atoms with E-state index in [9.17, 15) is 4.79 Å². The zero-order valence-corrected chi connectivity index (χ0v) is 14.3. The molecule has 0 aliphatic heterocycles. The summed E-state index contributed by atoms with van der Waals surface area (Å²) in [5, 5.41) is 5.82. The smallest absolute Gasteiger partial charge is 0.225 e. The molecule has 0 fully saturated rings. The van der Waals surface area contributed by atoms with Gasteiger partial charge in [0.2, 0.25) is 5.91 Å². The maximum atomic E-state index is 11.7. The Labute approximate surface area is 143 Å². The molecule has 0 spiro atoms. The van der Waals surface area contributed by atoms with Gasteiger partial charge in [0.1, 0.15) is 12.4 Å². The van der Waals surface area contributed by atoms with Crippen molar-refractivity contribution in [3.63, 3.8) is 0 Å². The van der Waals surface area contributed by atoms with Gasteiger partial charge in [-0.15, -0.1) is 12.4 Å². The lowest BCUT2D eigenvalue weighted by Crippen LogP contribution is -2.18. The Balaban J connectivity index is 0.00000264. The largest absolute Gasteiger partial charge is 0.489 e. The second-order valence-electron chi connectivity index (χ2n) is 5.14. The Kier molecular flexibility index (Phi) is 8.16. The molecule has 0 aliphatic rings. The third-order valence-corrected chi connectivity index (χ3v) is 3.38. The fourth-order valence-electron chi connectivity index (χ4n) is 2.06. The second kappa shape index (κ2) is 9.87. The standard InChI is InChI=1S/C18H22N2O2.ClH/c1-14-6-3-4-7-15(14)13-22-17-9-5-8-16(12-17)20-18(21)10-11-19-2;/h3-9,12,19H,10-11,13H2,1-2H3,(H,20,21);1H. The Morgan fingerprint density at radius 2 is 1.91 bits per heavy atom. The van der Waals surface area contributed by atoms with Crippen LogP contribution in [0.3, 0.4) is 0 Å². The molecule has 0 saturated heterocycles. The van der Waals surface area contributed by atoms with Crippen LogP contribution in [0.5, 0.6) is 5.75 Å². The summed E-state index contributed by atoms with van der Waals surface area (Å²) in [6.07, 6.45) is 0.449. The first-order valence-electron chi connectivity index (χ1n) is 7.41. The lowest BCUT2D eigenvalue weighted by Gasteiger charge is -2.10. The van der Waals surface area contributed by atoms with Crippen LogP contribution in [0.15, 0.2) is 48.5 Å². The molecule has 2 N–H and O–H groups in total. The second-order valence-corrected chi connectivity index (χ2v) is 5.14. The highest BCUT2D eigenvalue weighted by molar-refractivity contribution is 5.91. The van der Waals surface area contributed by atoms with E-state index in [1.807, 2.05) is 43.4 Å². The van der Waals surface area contributed by atoms with Gasteiger partial charge in [-0.3, -0.25) is 4.79 Å². The van der Waals surface area contributed by atoms with E-state index in [2.05, 4.69) is 29.7 Å². The van der Waals surface area contributed by atoms with Gasteiger partial charge >= 0.3 is 0 Å². The summed E-state index contributed by atoms with van der Waals surface area (Å²) in [5.74, 6) is 0.736. The molecule has 124 valence electrons. The molecule has 2 rings (SSSR count). The lowest BCUT2D eigenvalue weighted by molar-refractivity contribution is -0.116. The van der Waals surface area contributed by atoms with Crippen molar-refractivity contribution in [1.82, 2.24) is 5.32 Å². The van der Waals surface area contributed by atoms with E-state index in [-0.39, 0.29) is 18.3 Å². The fraction of sp³-hybridized carbons (Fsp3) is 0.278. The van der Waals surface area contributed by atoms with Crippen molar-refractivity contribution >= 4 is 24.0 Å². The normalized spacial score (nSPS) is 9.83. The van der Waals surface area contributed by atoms with Crippen molar-refractivity contribution in [2.24, 2.45) is 0 Å². The average Bonchev–Trinajstić information content (AvgIpc) is 2.52. The van der Waals surface area contributed by atoms with Crippen LogP contribution in [0.25, 0.3) is 0 Å². The first-order chi connectivity index (χ1) is 10.7. The minimum absolute atomic E-state index is 0. The number of nitrogens with one attached hydrogen (secondary N) is 2. The molecular weight excluding hydrogens is 312 g/mol. The number of ether oxygens (including phenoxy) is 1. The summed E-state index contributed by atoms with van der Waals surface area (Å²) in [4.78, 5) is 11.7. The van der Waals surface area contributed by atoms with Gasteiger partial charge in [0, 0.05) is 24.7 Å². The third kappa shape index (κ3) is 6.30. The summed E-state index contributed by atoms with van der Waals surface area (Å²) in [5.41, 5.74) is 3.12. The number of benzene rings is 2. The van der Waals surface area contributed by atoms with E-state index in [1.54, 1.807) is 0 Å². The quantitative estimate of drug-likeness (QED) is 0.814. The van der Waals surface area contributed by atoms with E-state index in [1.165, 1.54) is 5.56 Å². The van der Waals surface area contributed by atoms with Crippen molar-refractivity contribution in [2.75, 3.05) is 18.9 Å². The number of carbonyl (C=O) groups is 1. The number of amides is 1. The zero-order chi connectivity index (χ0) is 15.8. The van der Waals surface area contributed by atoms with Crippen LogP contribution in [-0.2, 0) is 11.4 Å². The molecule has 5 heteroatoms. The van der Waals surface area contributed by atoms with Gasteiger partial charge in [0.15, 0.2) is 0 Å². The van der Waals surface area contributed by atoms with Crippen LogP contribution in [0.4, 0.5) is 5.69 Å². The number of rotatable bonds is 7. The molecule has 2 aromatic carbocycles. The maximum Gasteiger partial charge on any atom is 0.225 e. The minimum atomic E-state index is -0.00889. The number of aryl methyl sites for hydroxylation is 1. The monoisotopic (exact) mass is 334 g/mol. The summed E-state index contributed by atoms with van der Waals surface area (Å²) in [7, 11) is 1.83. The highest BCUT2D eigenvalue weighted by Crippen LogP contribution is 2.19. The van der Waals surface area contributed by atoms with Crippen LogP contribution in [-0.4, -0.2) is 19.5 Å². The van der Waals surface area contributed by atoms with Crippen LogP contribution >= 0.6 is 12.4 Å². The average molecular weight is 335 g/mol. The Bertz CT molecular complexity index is 632. The molecule has 0 radical (unpaired) electrons. The Hall–Kier alpha value is -2.04. The van der Waals surface area contributed by atoms with Crippen LogP contribution in [0, 0.1) is 6.92 Å². The topological polar surface area (TPSA) is 50.4 Å². The highest BCUT2D eigenvalue weighted by Gasteiger charge is 2.03. The van der Waals surface area contributed by atoms with Gasteiger partial charge in [-0.05, 0) is 37.2 Å². The Morgan fingerprint density at radius 1 is 1.13 bits per heavy atom. The summed E-state index contributed by atoms with van der Waals surface area (Å²) in [6, 6.07) is 15.6. The molecule has 0 atom stereocenters. The molecular formula is C18H23ClN2O2. The van der Waals surface area contributed by atoms with Crippen molar-refractivity contribution in [3.8, 4) is 5.75 Å². The number of halogens is 1. The summed E-state index contributed by atoms with van der Waals surface area (Å²) < 4.78 is 5.81. The van der Waals surface area contributed by atoms with E-state index in [0.717, 1.165) is 17.0 Å². The first kappa shape index (κ1) is 19.0. The van der Waals surface area contributed by atoms with Crippen LogP contribution in [0.2, 0.25) is 0 Å². The van der Waals surface area contributed by atoms with Crippen molar-refractivity contribution < 1.29 is 9.53 Å².